The molecule has 0 rings (SSSR count). The SMILES string of the molecule is CC/C=C/C=C/C=C/C=C/C=C/CCCCCC(=O)OCC(COCCC(C(=O)[O-])[N+](C)(C)C)OC(=O)CCCCCCCCCCCCCCCCCCCCC. The summed E-state index contributed by atoms with van der Waals surface area (Å²) in [6.45, 7) is 4.48. The van der Waals surface area contributed by atoms with Gasteiger partial charge in [-0.1, -0.05) is 197 Å². The molecule has 0 N–H and O–H groups in total. The second-order valence-electron chi connectivity index (χ2n) is 16.7. The molecule has 8 nitrogen and oxygen atoms in total. The number of quaternary nitrogens is 1. The Bertz CT molecular complexity index is 1130. The molecule has 0 saturated heterocycles. The average Bonchev–Trinajstić information content (AvgIpc) is 3.18. The minimum atomic E-state index is -1.13. The van der Waals surface area contributed by atoms with Crippen molar-refractivity contribution in [3.05, 3.63) is 60.8 Å². The van der Waals surface area contributed by atoms with E-state index in [0.717, 1.165) is 51.4 Å². The summed E-state index contributed by atoms with van der Waals surface area (Å²) in [5.41, 5.74) is 0. The number of carboxylic acid groups (broad SMARTS) is 1. The number of rotatable bonds is 41. The zero-order valence-electron chi connectivity index (χ0n) is 37.9. The molecule has 0 fully saturated rings. The van der Waals surface area contributed by atoms with Crippen LogP contribution in [0.4, 0.5) is 0 Å². The van der Waals surface area contributed by atoms with Crippen LogP contribution in [0.3, 0.4) is 0 Å². The summed E-state index contributed by atoms with van der Waals surface area (Å²) in [6, 6.07) is -0.733. The summed E-state index contributed by atoms with van der Waals surface area (Å²) in [7, 11) is 5.39. The molecule has 0 bridgehead atoms. The maximum absolute atomic E-state index is 12.7. The van der Waals surface area contributed by atoms with Crippen molar-refractivity contribution in [2.75, 3.05) is 41.0 Å². The van der Waals surface area contributed by atoms with E-state index >= 15 is 0 Å². The predicted molar refractivity (Wildman–Crippen MR) is 240 cm³/mol. The van der Waals surface area contributed by atoms with Crippen LogP contribution >= 0.6 is 0 Å². The molecule has 2 atom stereocenters. The molecule has 334 valence electrons. The van der Waals surface area contributed by atoms with Crippen molar-refractivity contribution in [1.29, 1.82) is 0 Å². The average molecular weight is 814 g/mol. The number of ether oxygens (including phenoxy) is 3. The number of nitrogens with zero attached hydrogens (tertiary/aromatic N) is 1. The van der Waals surface area contributed by atoms with Gasteiger partial charge in [0.1, 0.15) is 12.6 Å². The Morgan fingerprint density at radius 1 is 0.534 bits per heavy atom. The van der Waals surface area contributed by atoms with Gasteiger partial charge in [0.15, 0.2) is 6.10 Å². The molecule has 58 heavy (non-hydrogen) atoms. The number of likely N-dealkylation sites (N-methyl/N-ethyl adjacent to an activating group) is 1. The van der Waals surface area contributed by atoms with Gasteiger partial charge in [-0.3, -0.25) is 9.59 Å². The molecule has 0 aliphatic heterocycles. The van der Waals surface area contributed by atoms with Gasteiger partial charge in [-0.05, 0) is 32.1 Å². The summed E-state index contributed by atoms with van der Waals surface area (Å²) in [4.78, 5) is 36.9. The van der Waals surface area contributed by atoms with Crippen molar-refractivity contribution < 1.29 is 38.2 Å². The van der Waals surface area contributed by atoms with Crippen molar-refractivity contribution in [1.82, 2.24) is 0 Å². The van der Waals surface area contributed by atoms with Crippen molar-refractivity contribution >= 4 is 17.9 Å². The second-order valence-corrected chi connectivity index (χ2v) is 16.7. The lowest BCUT2D eigenvalue weighted by atomic mass is 10.0. The normalized spacial score (nSPS) is 13.5. The highest BCUT2D eigenvalue weighted by atomic mass is 16.6. The van der Waals surface area contributed by atoms with Crippen molar-refractivity contribution in [3.8, 4) is 0 Å². The zero-order valence-corrected chi connectivity index (χ0v) is 37.9. The predicted octanol–water partition coefficient (Wildman–Crippen LogP) is 11.6. The molecule has 8 heteroatoms. The van der Waals surface area contributed by atoms with Gasteiger partial charge in [-0.15, -0.1) is 0 Å². The molecule has 0 heterocycles. The van der Waals surface area contributed by atoms with Crippen molar-refractivity contribution in [2.45, 2.75) is 199 Å². The number of carboxylic acids is 1. The van der Waals surface area contributed by atoms with E-state index < -0.39 is 18.1 Å². The summed E-state index contributed by atoms with van der Waals surface area (Å²) >= 11 is 0. The van der Waals surface area contributed by atoms with Crippen LogP contribution < -0.4 is 5.11 Å². The molecule has 0 aliphatic carbocycles. The maximum atomic E-state index is 12.7. The van der Waals surface area contributed by atoms with Gasteiger partial charge < -0.3 is 28.6 Å². The maximum Gasteiger partial charge on any atom is 0.306 e. The number of hydrogen-bond donors (Lipinski definition) is 0. The quantitative estimate of drug-likeness (QED) is 0.0262. The van der Waals surface area contributed by atoms with Gasteiger partial charge >= 0.3 is 11.9 Å². The molecule has 0 aromatic carbocycles. The van der Waals surface area contributed by atoms with Gasteiger partial charge in [-0.25, -0.2) is 0 Å². The fourth-order valence-electron chi connectivity index (χ4n) is 6.68. The first-order valence-electron chi connectivity index (χ1n) is 23.4. The molecule has 0 spiro atoms. The van der Waals surface area contributed by atoms with Gasteiger partial charge in [0, 0.05) is 19.3 Å². The van der Waals surface area contributed by atoms with Crippen LogP contribution in [0.2, 0.25) is 0 Å². The Morgan fingerprint density at radius 3 is 1.43 bits per heavy atom. The fourth-order valence-corrected chi connectivity index (χ4v) is 6.68. The highest BCUT2D eigenvalue weighted by Gasteiger charge is 2.25. The van der Waals surface area contributed by atoms with Gasteiger partial charge in [-0.2, -0.15) is 0 Å². The van der Waals surface area contributed by atoms with E-state index in [0.29, 0.717) is 12.8 Å². The fraction of sp³-hybridized carbons (Fsp3) is 0.740. The zero-order chi connectivity index (χ0) is 42.8. The summed E-state index contributed by atoms with van der Waals surface area (Å²) in [6.07, 6.45) is 49.6. The van der Waals surface area contributed by atoms with Crippen LogP contribution in [0.25, 0.3) is 0 Å². The van der Waals surface area contributed by atoms with E-state index in [9.17, 15) is 19.5 Å². The minimum absolute atomic E-state index is 0.0265. The first-order chi connectivity index (χ1) is 28.1. The molecule has 0 saturated carbocycles. The third-order valence-electron chi connectivity index (χ3n) is 10.3. The van der Waals surface area contributed by atoms with Crippen molar-refractivity contribution in [3.63, 3.8) is 0 Å². The topological polar surface area (TPSA) is 102 Å². The first-order valence-corrected chi connectivity index (χ1v) is 23.4. The Balaban J connectivity index is 4.34. The number of unbranched alkanes of at least 4 members (excludes halogenated alkanes) is 21. The smallest absolute Gasteiger partial charge is 0.306 e. The van der Waals surface area contributed by atoms with Gasteiger partial charge in [0.2, 0.25) is 0 Å². The second kappa shape index (κ2) is 40.8. The molecule has 0 aliphatic rings. The monoisotopic (exact) mass is 814 g/mol. The third-order valence-corrected chi connectivity index (χ3v) is 10.3. The van der Waals surface area contributed by atoms with E-state index in [-0.39, 0.29) is 42.7 Å². The summed E-state index contributed by atoms with van der Waals surface area (Å²) < 4.78 is 17.2. The molecular weight excluding hydrogens is 727 g/mol. The Labute approximate surface area is 356 Å². The van der Waals surface area contributed by atoms with E-state index in [1.807, 2.05) is 48.6 Å². The van der Waals surface area contributed by atoms with Crippen LogP contribution in [0.1, 0.15) is 187 Å². The summed E-state index contributed by atoms with van der Waals surface area (Å²) in [5, 5.41) is 11.6. The lowest BCUT2D eigenvalue weighted by Gasteiger charge is -2.34. The number of aliphatic carboxylic acids is 1. The highest BCUT2D eigenvalue weighted by molar-refractivity contribution is 5.70. The molecular formula is C50H87NO7. The van der Waals surface area contributed by atoms with Gasteiger partial charge in [0.05, 0.1) is 40.3 Å². The molecule has 0 aromatic heterocycles. The number of carbonyl (C=O) groups is 3. The number of esters is 2. The van der Waals surface area contributed by atoms with Crippen molar-refractivity contribution in [2.24, 2.45) is 0 Å². The van der Waals surface area contributed by atoms with Gasteiger partial charge in [0.25, 0.3) is 0 Å². The highest BCUT2D eigenvalue weighted by Crippen LogP contribution is 2.16. The van der Waals surface area contributed by atoms with E-state index in [1.165, 1.54) is 103 Å². The number of hydrogen-bond acceptors (Lipinski definition) is 7. The summed E-state index contributed by atoms with van der Waals surface area (Å²) in [5.74, 6) is -1.79. The van der Waals surface area contributed by atoms with Crippen LogP contribution in [-0.4, -0.2) is 75.5 Å². The molecule has 2 unspecified atom stereocenters. The van der Waals surface area contributed by atoms with E-state index in [4.69, 9.17) is 14.2 Å². The minimum Gasteiger partial charge on any atom is -0.544 e. The first kappa shape index (κ1) is 55.0. The lowest BCUT2D eigenvalue weighted by molar-refractivity contribution is -0.889. The molecule has 0 aromatic rings. The van der Waals surface area contributed by atoms with Crippen LogP contribution in [0.5, 0.6) is 0 Å². The largest absolute Gasteiger partial charge is 0.544 e. The molecule has 0 radical (unpaired) electrons. The number of allylic oxidation sites excluding steroid dienone is 10. The molecule has 0 amide bonds. The number of carbonyl (C=O) groups excluding carboxylic acids is 3. The van der Waals surface area contributed by atoms with Crippen LogP contribution in [0, 0.1) is 0 Å². The van der Waals surface area contributed by atoms with Crippen LogP contribution in [0.15, 0.2) is 60.8 Å². The van der Waals surface area contributed by atoms with E-state index in [2.05, 4.69) is 26.0 Å². The Hall–Kier alpha value is -2.97. The Kier molecular flexibility index (Phi) is 38.7. The third kappa shape index (κ3) is 38.5. The van der Waals surface area contributed by atoms with Crippen LogP contribution in [-0.2, 0) is 28.6 Å². The van der Waals surface area contributed by atoms with E-state index in [1.54, 1.807) is 21.1 Å². The Morgan fingerprint density at radius 2 is 0.966 bits per heavy atom. The lowest BCUT2D eigenvalue weighted by Crippen LogP contribution is -2.55. The standard InChI is InChI=1S/C50H87NO7/c1-6-8-10-12-14-16-18-20-22-23-24-25-27-29-31-33-35-37-39-41-49(53)58-46(44-56-43-42-47(50(54)55)51(3,4)5)45-57-48(52)40-38-36-34-32-30-28-26-21-19-17-15-13-11-9-7-2/h9,11,13,15,17,19,21,26,28,30,46-47H,6-8,10,12,14,16,18,20,22-25,27,29,31-45H2,1-5H3/b11-9+,15-13+,19-17+,26-21+,30-28+.